The molecule has 1 aliphatic rings. The Labute approximate surface area is 173 Å². The Bertz CT molecular complexity index is 907. The summed E-state index contributed by atoms with van der Waals surface area (Å²) in [6.45, 7) is 2.07. The van der Waals surface area contributed by atoms with Crippen molar-refractivity contribution < 1.29 is 19.0 Å². The van der Waals surface area contributed by atoms with Gasteiger partial charge in [-0.3, -0.25) is 0 Å². The summed E-state index contributed by atoms with van der Waals surface area (Å²) in [7, 11) is 1.58. The Kier molecular flexibility index (Phi) is 5.98. The van der Waals surface area contributed by atoms with E-state index in [0.29, 0.717) is 24.0 Å². The molecular formula is C19H15BrINO4. The molecule has 2 aromatic rings. The van der Waals surface area contributed by atoms with Crippen molar-refractivity contribution in [1.29, 1.82) is 0 Å². The van der Waals surface area contributed by atoms with Crippen LogP contribution in [-0.4, -0.2) is 19.0 Å². The third-order valence-electron chi connectivity index (χ3n) is 3.58. The molecule has 0 atom stereocenters. The van der Waals surface area contributed by atoms with E-state index in [1.807, 2.05) is 36.4 Å². The minimum absolute atomic E-state index is 0.267. The zero-order valence-electron chi connectivity index (χ0n) is 14.1. The van der Waals surface area contributed by atoms with E-state index < -0.39 is 5.97 Å². The van der Waals surface area contributed by atoms with Gasteiger partial charge >= 0.3 is 5.97 Å². The maximum Gasteiger partial charge on any atom is 0.363 e. The van der Waals surface area contributed by atoms with Crippen molar-refractivity contribution in [2.24, 2.45) is 4.99 Å². The quantitative estimate of drug-likeness (QED) is 0.313. The topological polar surface area (TPSA) is 57.1 Å². The van der Waals surface area contributed by atoms with E-state index in [1.165, 1.54) is 0 Å². The van der Waals surface area contributed by atoms with Gasteiger partial charge < -0.3 is 14.2 Å². The van der Waals surface area contributed by atoms with Gasteiger partial charge in [-0.25, -0.2) is 9.79 Å². The van der Waals surface area contributed by atoms with E-state index in [9.17, 15) is 4.79 Å². The van der Waals surface area contributed by atoms with E-state index in [-0.39, 0.29) is 5.70 Å². The van der Waals surface area contributed by atoms with Crippen molar-refractivity contribution in [1.82, 2.24) is 0 Å². The summed E-state index contributed by atoms with van der Waals surface area (Å²) < 4.78 is 18.3. The van der Waals surface area contributed by atoms with Gasteiger partial charge in [0.15, 0.2) is 23.1 Å². The average Bonchev–Trinajstić information content (AvgIpc) is 2.92. The first-order chi connectivity index (χ1) is 12.5. The number of halogens is 2. The molecule has 0 radical (unpaired) electrons. The number of methoxy groups -OCH3 is 1. The SMILES string of the molecule is COc1cc(/C=C2/N=C(C)OC2=O)cc(I)c1OCc1ccc(Br)cc1. The van der Waals surface area contributed by atoms with Crippen LogP contribution in [0.3, 0.4) is 0 Å². The molecule has 26 heavy (non-hydrogen) atoms. The van der Waals surface area contributed by atoms with E-state index in [2.05, 4.69) is 43.5 Å². The normalized spacial score (nSPS) is 15.0. The van der Waals surface area contributed by atoms with Gasteiger partial charge in [-0.15, -0.1) is 0 Å². The monoisotopic (exact) mass is 527 g/mol. The summed E-state index contributed by atoms with van der Waals surface area (Å²) in [6, 6.07) is 11.6. The van der Waals surface area contributed by atoms with Crippen molar-refractivity contribution in [2.75, 3.05) is 7.11 Å². The average molecular weight is 528 g/mol. The third-order valence-corrected chi connectivity index (χ3v) is 4.91. The van der Waals surface area contributed by atoms with Gasteiger partial charge in [-0.1, -0.05) is 28.1 Å². The summed E-state index contributed by atoms with van der Waals surface area (Å²) >= 11 is 5.60. The van der Waals surface area contributed by atoms with Crippen LogP contribution in [0.4, 0.5) is 0 Å². The van der Waals surface area contributed by atoms with Crippen LogP contribution < -0.4 is 9.47 Å². The van der Waals surface area contributed by atoms with Crippen LogP contribution in [0.25, 0.3) is 6.08 Å². The standard InChI is InChI=1S/C19H15BrINO4/c1-11-22-16(19(23)26-11)8-13-7-15(21)18(17(9-13)24-2)25-10-12-3-5-14(20)6-4-12/h3-9H,10H2,1-2H3/b16-8+. The van der Waals surface area contributed by atoms with Crippen LogP contribution in [0.15, 0.2) is 51.6 Å². The smallest absolute Gasteiger partial charge is 0.363 e. The highest BCUT2D eigenvalue weighted by atomic mass is 127. The minimum Gasteiger partial charge on any atom is -0.493 e. The van der Waals surface area contributed by atoms with Gasteiger partial charge in [0.1, 0.15) is 6.61 Å². The van der Waals surface area contributed by atoms with E-state index in [0.717, 1.165) is 19.2 Å². The molecule has 7 heteroatoms. The first kappa shape index (κ1) is 18.9. The molecular weight excluding hydrogens is 513 g/mol. The molecule has 0 N–H and O–H groups in total. The minimum atomic E-state index is -0.452. The summed E-state index contributed by atoms with van der Waals surface area (Å²) in [4.78, 5) is 15.8. The predicted molar refractivity (Wildman–Crippen MR) is 111 cm³/mol. The number of esters is 1. The number of hydrogen-bond acceptors (Lipinski definition) is 5. The highest BCUT2D eigenvalue weighted by molar-refractivity contribution is 14.1. The molecule has 1 aliphatic heterocycles. The Hall–Kier alpha value is -1.87. The van der Waals surface area contributed by atoms with Gasteiger partial charge in [0.05, 0.1) is 10.7 Å². The number of benzene rings is 2. The molecule has 0 unspecified atom stereocenters. The highest BCUT2D eigenvalue weighted by Gasteiger charge is 2.20. The Morgan fingerprint density at radius 2 is 2.00 bits per heavy atom. The maximum absolute atomic E-state index is 11.7. The summed E-state index contributed by atoms with van der Waals surface area (Å²) in [5, 5.41) is 0. The van der Waals surface area contributed by atoms with Gasteiger partial charge in [-0.05, 0) is 64.1 Å². The Morgan fingerprint density at radius 1 is 1.27 bits per heavy atom. The molecule has 0 aromatic heterocycles. The third kappa shape index (κ3) is 4.45. The second-order valence-electron chi connectivity index (χ2n) is 5.50. The van der Waals surface area contributed by atoms with Gasteiger partial charge in [0, 0.05) is 11.4 Å². The number of rotatable bonds is 5. The second kappa shape index (κ2) is 8.22. The molecule has 1 heterocycles. The lowest BCUT2D eigenvalue weighted by molar-refractivity contribution is -0.130. The molecule has 0 bridgehead atoms. The zero-order chi connectivity index (χ0) is 18.7. The number of nitrogens with zero attached hydrogens (tertiary/aromatic N) is 1. The zero-order valence-corrected chi connectivity index (χ0v) is 17.8. The fourth-order valence-electron chi connectivity index (χ4n) is 2.37. The lowest BCUT2D eigenvalue weighted by Crippen LogP contribution is -2.01. The van der Waals surface area contributed by atoms with Crippen molar-refractivity contribution >= 4 is 56.5 Å². The van der Waals surface area contributed by atoms with Crippen LogP contribution in [0.5, 0.6) is 11.5 Å². The van der Waals surface area contributed by atoms with Crippen LogP contribution in [-0.2, 0) is 16.1 Å². The molecule has 134 valence electrons. The van der Waals surface area contributed by atoms with E-state index >= 15 is 0 Å². The number of ether oxygens (including phenoxy) is 3. The molecule has 5 nitrogen and oxygen atoms in total. The molecule has 3 rings (SSSR count). The second-order valence-corrected chi connectivity index (χ2v) is 7.58. The van der Waals surface area contributed by atoms with Crippen molar-refractivity contribution in [2.45, 2.75) is 13.5 Å². The number of cyclic esters (lactones) is 1. The van der Waals surface area contributed by atoms with Crippen LogP contribution >= 0.6 is 38.5 Å². The molecule has 0 aliphatic carbocycles. The van der Waals surface area contributed by atoms with Gasteiger partial charge in [-0.2, -0.15) is 0 Å². The molecule has 0 fully saturated rings. The summed E-state index contributed by atoms with van der Waals surface area (Å²) in [5.74, 6) is 1.14. The Morgan fingerprint density at radius 3 is 2.62 bits per heavy atom. The first-order valence-electron chi connectivity index (χ1n) is 7.70. The largest absolute Gasteiger partial charge is 0.493 e. The number of carbonyl (C=O) groups is 1. The maximum atomic E-state index is 11.7. The Balaban J connectivity index is 1.84. The molecule has 0 amide bonds. The summed E-state index contributed by atoms with van der Waals surface area (Å²) in [5.41, 5.74) is 2.10. The highest BCUT2D eigenvalue weighted by Crippen LogP contribution is 2.35. The van der Waals surface area contributed by atoms with Gasteiger partial charge in [0.25, 0.3) is 0 Å². The fourth-order valence-corrected chi connectivity index (χ4v) is 3.42. The van der Waals surface area contributed by atoms with Crippen molar-refractivity contribution in [3.8, 4) is 11.5 Å². The van der Waals surface area contributed by atoms with Crippen molar-refractivity contribution in [3.05, 3.63) is 61.3 Å². The molecule has 2 aromatic carbocycles. The van der Waals surface area contributed by atoms with Crippen LogP contribution in [0.1, 0.15) is 18.1 Å². The van der Waals surface area contributed by atoms with E-state index in [1.54, 1.807) is 20.1 Å². The lowest BCUT2D eigenvalue weighted by atomic mass is 10.1. The van der Waals surface area contributed by atoms with Crippen LogP contribution in [0.2, 0.25) is 0 Å². The van der Waals surface area contributed by atoms with Crippen molar-refractivity contribution in [3.63, 3.8) is 0 Å². The number of carbonyl (C=O) groups excluding carboxylic acids is 1. The summed E-state index contributed by atoms with van der Waals surface area (Å²) in [6.07, 6.45) is 1.67. The lowest BCUT2D eigenvalue weighted by Gasteiger charge is -2.14. The molecule has 0 saturated heterocycles. The number of hydrogen-bond donors (Lipinski definition) is 0. The fraction of sp³-hybridized carbons (Fsp3) is 0.158. The predicted octanol–water partition coefficient (Wildman–Crippen LogP) is 4.96. The van der Waals surface area contributed by atoms with Gasteiger partial charge in [0.2, 0.25) is 0 Å². The number of aliphatic imine (C=N–C) groups is 1. The first-order valence-corrected chi connectivity index (χ1v) is 9.57. The van der Waals surface area contributed by atoms with E-state index in [4.69, 9.17) is 14.2 Å². The molecule has 0 saturated carbocycles. The molecule has 0 spiro atoms. The van der Waals surface area contributed by atoms with Crippen LogP contribution in [0, 0.1) is 3.57 Å².